The SMILES string of the molecule is COc1csc(C(=O)Cc2ccc(C)c(C)c2)c1. The van der Waals surface area contributed by atoms with Crippen LogP contribution in [0.2, 0.25) is 0 Å². The van der Waals surface area contributed by atoms with Crippen molar-refractivity contribution in [3.8, 4) is 5.75 Å². The van der Waals surface area contributed by atoms with E-state index in [0.717, 1.165) is 16.2 Å². The average Bonchev–Trinajstić information content (AvgIpc) is 2.82. The fourth-order valence-corrected chi connectivity index (χ4v) is 2.55. The molecule has 2 rings (SSSR count). The molecule has 0 aliphatic carbocycles. The number of carbonyl (C=O) groups excluding carboxylic acids is 1. The van der Waals surface area contributed by atoms with Gasteiger partial charge in [-0.15, -0.1) is 11.3 Å². The third-order valence-corrected chi connectivity index (χ3v) is 3.97. The Kier molecular flexibility index (Phi) is 3.82. The Bertz CT molecular complexity index is 570. The van der Waals surface area contributed by atoms with E-state index in [4.69, 9.17) is 4.74 Å². The van der Waals surface area contributed by atoms with Gasteiger partial charge < -0.3 is 4.74 Å². The molecule has 0 radical (unpaired) electrons. The molecule has 18 heavy (non-hydrogen) atoms. The monoisotopic (exact) mass is 260 g/mol. The minimum Gasteiger partial charge on any atom is -0.496 e. The van der Waals surface area contributed by atoms with E-state index >= 15 is 0 Å². The fraction of sp³-hybridized carbons (Fsp3) is 0.267. The number of Topliss-reactive ketones (excluding diaryl/α,β-unsaturated/α-hetero) is 1. The van der Waals surface area contributed by atoms with Crippen LogP contribution in [0.5, 0.6) is 5.75 Å². The normalized spacial score (nSPS) is 10.4. The van der Waals surface area contributed by atoms with Crippen molar-refractivity contribution in [2.45, 2.75) is 20.3 Å². The van der Waals surface area contributed by atoms with Gasteiger partial charge in [0.15, 0.2) is 5.78 Å². The minimum absolute atomic E-state index is 0.145. The Morgan fingerprint density at radius 2 is 2.00 bits per heavy atom. The van der Waals surface area contributed by atoms with Gasteiger partial charge in [-0.1, -0.05) is 18.2 Å². The zero-order valence-corrected chi connectivity index (χ0v) is 11.6. The van der Waals surface area contributed by atoms with Gasteiger partial charge >= 0.3 is 0 Å². The predicted octanol–water partition coefficient (Wildman–Crippen LogP) is 3.80. The van der Waals surface area contributed by atoms with Gasteiger partial charge in [-0.3, -0.25) is 4.79 Å². The highest BCUT2D eigenvalue weighted by Crippen LogP contribution is 2.23. The Hall–Kier alpha value is -1.61. The molecule has 0 saturated carbocycles. The highest BCUT2D eigenvalue weighted by molar-refractivity contribution is 7.12. The van der Waals surface area contributed by atoms with Crippen molar-refractivity contribution < 1.29 is 9.53 Å². The number of ether oxygens (including phenoxy) is 1. The Morgan fingerprint density at radius 3 is 2.61 bits per heavy atom. The molecular weight excluding hydrogens is 244 g/mol. The molecule has 0 aliphatic heterocycles. The predicted molar refractivity (Wildman–Crippen MR) is 74.8 cm³/mol. The number of ketones is 1. The second-order valence-corrected chi connectivity index (χ2v) is 5.28. The van der Waals surface area contributed by atoms with Crippen LogP contribution < -0.4 is 4.74 Å². The topological polar surface area (TPSA) is 26.3 Å². The lowest BCUT2D eigenvalue weighted by molar-refractivity contribution is 0.0996. The van der Waals surface area contributed by atoms with Gasteiger partial charge in [-0.2, -0.15) is 0 Å². The molecule has 1 heterocycles. The third kappa shape index (κ3) is 2.79. The van der Waals surface area contributed by atoms with Crippen molar-refractivity contribution in [2.75, 3.05) is 7.11 Å². The molecule has 0 N–H and O–H groups in total. The van der Waals surface area contributed by atoms with E-state index in [2.05, 4.69) is 26.0 Å². The molecule has 3 heteroatoms. The molecule has 0 unspecified atom stereocenters. The van der Waals surface area contributed by atoms with Gasteiger partial charge in [0, 0.05) is 17.9 Å². The standard InChI is InChI=1S/C15H16O2S/c1-10-4-5-12(6-11(10)2)7-14(16)15-8-13(17-3)9-18-15/h4-6,8-9H,7H2,1-3H3. The van der Waals surface area contributed by atoms with Gasteiger partial charge in [0.25, 0.3) is 0 Å². The lowest BCUT2D eigenvalue weighted by Crippen LogP contribution is -2.01. The zero-order chi connectivity index (χ0) is 13.1. The molecular formula is C15H16O2S. The highest BCUT2D eigenvalue weighted by Gasteiger charge is 2.10. The second-order valence-electron chi connectivity index (χ2n) is 4.37. The fourth-order valence-electron chi connectivity index (χ4n) is 1.76. The van der Waals surface area contributed by atoms with E-state index < -0.39 is 0 Å². The first kappa shape index (κ1) is 12.8. The third-order valence-electron chi connectivity index (χ3n) is 3.02. The molecule has 1 aromatic carbocycles. The summed E-state index contributed by atoms with van der Waals surface area (Å²) in [5, 5.41) is 1.85. The second kappa shape index (κ2) is 5.36. The summed E-state index contributed by atoms with van der Waals surface area (Å²) < 4.78 is 5.09. The van der Waals surface area contributed by atoms with Crippen molar-refractivity contribution in [1.82, 2.24) is 0 Å². The average molecular weight is 260 g/mol. The van der Waals surface area contributed by atoms with Crippen LogP contribution >= 0.6 is 11.3 Å². The van der Waals surface area contributed by atoms with Gasteiger partial charge in [0.1, 0.15) is 5.75 Å². The van der Waals surface area contributed by atoms with Crippen molar-refractivity contribution in [1.29, 1.82) is 0 Å². The first-order valence-electron chi connectivity index (χ1n) is 5.82. The maximum atomic E-state index is 12.1. The number of benzene rings is 1. The number of carbonyl (C=O) groups is 1. The number of thiophene rings is 1. The smallest absolute Gasteiger partial charge is 0.177 e. The molecule has 2 aromatic rings. The van der Waals surface area contributed by atoms with Crippen LogP contribution in [0.25, 0.3) is 0 Å². The summed E-state index contributed by atoms with van der Waals surface area (Å²) in [7, 11) is 1.61. The molecule has 94 valence electrons. The maximum Gasteiger partial charge on any atom is 0.177 e. The van der Waals surface area contributed by atoms with Gasteiger partial charge in [-0.05, 0) is 30.5 Å². The van der Waals surface area contributed by atoms with Crippen LogP contribution in [0.1, 0.15) is 26.4 Å². The summed E-state index contributed by atoms with van der Waals surface area (Å²) in [5.41, 5.74) is 3.54. The summed E-state index contributed by atoms with van der Waals surface area (Å²) in [4.78, 5) is 12.8. The van der Waals surface area contributed by atoms with Crippen LogP contribution in [0.3, 0.4) is 0 Å². The molecule has 0 bridgehead atoms. The van der Waals surface area contributed by atoms with Crippen LogP contribution in [-0.4, -0.2) is 12.9 Å². The van der Waals surface area contributed by atoms with Crippen LogP contribution in [0.4, 0.5) is 0 Å². The summed E-state index contributed by atoms with van der Waals surface area (Å²) in [6, 6.07) is 7.96. The summed E-state index contributed by atoms with van der Waals surface area (Å²) in [6.07, 6.45) is 0.449. The van der Waals surface area contributed by atoms with Crippen molar-refractivity contribution in [3.05, 3.63) is 51.2 Å². The first-order chi connectivity index (χ1) is 8.60. The molecule has 0 saturated heterocycles. The van der Waals surface area contributed by atoms with E-state index in [-0.39, 0.29) is 5.78 Å². The number of aryl methyl sites for hydroxylation is 2. The number of hydrogen-bond donors (Lipinski definition) is 0. The Morgan fingerprint density at radius 1 is 1.22 bits per heavy atom. The summed E-state index contributed by atoms with van der Waals surface area (Å²) >= 11 is 1.43. The molecule has 0 atom stereocenters. The van der Waals surface area contributed by atoms with Crippen molar-refractivity contribution in [2.24, 2.45) is 0 Å². The van der Waals surface area contributed by atoms with Crippen LogP contribution in [0, 0.1) is 13.8 Å². The summed E-state index contributed by atoms with van der Waals surface area (Å²) in [6.45, 7) is 4.14. The van der Waals surface area contributed by atoms with E-state index in [1.165, 1.54) is 22.5 Å². The molecule has 0 aliphatic rings. The maximum absolute atomic E-state index is 12.1. The van der Waals surface area contributed by atoms with E-state index in [1.807, 2.05) is 11.4 Å². The van der Waals surface area contributed by atoms with Gasteiger partial charge in [0.05, 0.1) is 12.0 Å². The molecule has 1 aromatic heterocycles. The number of methoxy groups -OCH3 is 1. The first-order valence-corrected chi connectivity index (χ1v) is 6.70. The Balaban J connectivity index is 2.13. The lowest BCUT2D eigenvalue weighted by atomic mass is 10.0. The van der Waals surface area contributed by atoms with Crippen molar-refractivity contribution in [3.63, 3.8) is 0 Å². The molecule has 0 amide bonds. The van der Waals surface area contributed by atoms with Crippen LogP contribution in [-0.2, 0) is 6.42 Å². The van der Waals surface area contributed by atoms with E-state index in [1.54, 1.807) is 13.2 Å². The highest BCUT2D eigenvalue weighted by atomic mass is 32.1. The number of hydrogen-bond acceptors (Lipinski definition) is 3. The lowest BCUT2D eigenvalue weighted by Gasteiger charge is -2.03. The van der Waals surface area contributed by atoms with Gasteiger partial charge in [-0.25, -0.2) is 0 Å². The van der Waals surface area contributed by atoms with E-state index in [9.17, 15) is 4.79 Å². The van der Waals surface area contributed by atoms with Crippen molar-refractivity contribution >= 4 is 17.1 Å². The zero-order valence-electron chi connectivity index (χ0n) is 10.8. The quantitative estimate of drug-likeness (QED) is 0.782. The minimum atomic E-state index is 0.145. The molecule has 0 fully saturated rings. The Labute approximate surface area is 111 Å². The molecule has 2 nitrogen and oxygen atoms in total. The largest absolute Gasteiger partial charge is 0.496 e. The van der Waals surface area contributed by atoms with Crippen LogP contribution in [0.15, 0.2) is 29.6 Å². The number of rotatable bonds is 4. The molecule has 0 spiro atoms. The summed E-state index contributed by atoms with van der Waals surface area (Å²) in [5.74, 6) is 0.898. The van der Waals surface area contributed by atoms with Gasteiger partial charge in [0.2, 0.25) is 0 Å². The van der Waals surface area contributed by atoms with E-state index in [0.29, 0.717) is 6.42 Å².